The minimum Gasteiger partial charge on any atom is -0.353 e. The summed E-state index contributed by atoms with van der Waals surface area (Å²) in [4.78, 5) is 12.0. The molecule has 0 aromatic carbocycles. The Labute approximate surface area is 128 Å². The van der Waals surface area contributed by atoms with Gasteiger partial charge in [-0.3, -0.25) is 9.98 Å². The van der Waals surface area contributed by atoms with E-state index in [4.69, 9.17) is 4.99 Å². The Morgan fingerprint density at radius 3 is 2.86 bits per heavy atom. The maximum absolute atomic E-state index is 4.98. The molecular weight excluding hydrogens is 280 g/mol. The van der Waals surface area contributed by atoms with Crippen LogP contribution in [-0.2, 0) is 7.05 Å². The van der Waals surface area contributed by atoms with E-state index in [9.17, 15) is 0 Å². The zero-order valence-corrected chi connectivity index (χ0v) is 13.0. The summed E-state index contributed by atoms with van der Waals surface area (Å²) in [5.41, 5.74) is 2.36. The van der Waals surface area contributed by atoms with Crippen LogP contribution in [-0.4, -0.2) is 31.4 Å². The Morgan fingerprint density at radius 1 is 1.24 bits per heavy atom. The van der Waals surface area contributed by atoms with Gasteiger partial charge in [0.25, 0.3) is 0 Å². The topological polar surface area (TPSA) is 33.4 Å². The lowest BCUT2D eigenvalue weighted by atomic mass is 10.0. The van der Waals surface area contributed by atoms with Crippen LogP contribution in [0.5, 0.6) is 0 Å². The minimum absolute atomic E-state index is 0.0924. The molecule has 4 heterocycles. The molecule has 0 spiro atoms. The Bertz CT molecular complexity index is 679. The molecule has 0 radical (unpaired) electrons. The molecule has 1 fully saturated rings. The van der Waals surface area contributed by atoms with E-state index in [1.54, 1.807) is 0 Å². The predicted octanol–water partition coefficient (Wildman–Crippen LogP) is 3.01. The van der Waals surface area contributed by atoms with E-state index in [1.165, 1.54) is 10.9 Å². The number of aryl methyl sites for hydroxylation is 1. The molecule has 1 saturated heterocycles. The molecule has 2 aliphatic rings. The molecule has 3 atom stereocenters. The highest BCUT2D eigenvalue weighted by Gasteiger charge is 2.44. The van der Waals surface area contributed by atoms with Crippen LogP contribution in [0.3, 0.4) is 0 Å². The third kappa shape index (κ3) is 2.07. The van der Waals surface area contributed by atoms with Crippen LogP contribution in [0.4, 0.5) is 0 Å². The van der Waals surface area contributed by atoms with Gasteiger partial charge in [0.15, 0.2) is 5.17 Å². The van der Waals surface area contributed by atoms with Gasteiger partial charge in [0.05, 0.1) is 11.7 Å². The fourth-order valence-corrected chi connectivity index (χ4v) is 4.31. The van der Waals surface area contributed by atoms with Crippen LogP contribution in [0, 0.1) is 0 Å². The first-order valence-electron chi connectivity index (χ1n) is 7.27. The van der Waals surface area contributed by atoms with Crippen LogP contribution < -0.4 is 0 Å². The second kappa shape index (κ2) is 4.91. The van der Waals surface area contributed by atoms with Crippen molar-refractivity contribution in [1.29, 1.82) is 0 Å². The van der Waals surface area contributed by atoms with E-state index >= 15 is 0 Å². The second-order valence-electron chi connectivity index (χ2n) is 5.68. The third-order valence-corrected chi connectivity index (χ3v) is 5.27. The molecule has 0 saturated carbocycles. The molecule has 4 rings (SSSR count). The number of amidine groups is 1. The van der Waals surface area contributed by atoms with Gasteiger partial charge in [0, 0.05) is 36.9 Å². The minimum atomic E-state index is 0.0924. The van der Waals surface area contributed by atoms with Gasteiger partial charge in [0.1, 0.15) is 6.04 Å². The summed E-state index contributed by atoms with van der Waals surface area (Å²) >= 11 is 1.88. The highest BCUT2D eigenvalue weighted by atomic mass is 32.2. The summed E-state index contributed by atoms with van der Waals surface area (Å²) in [7, 11) is 2.11. The fourth-order valence-electron chi connectivity index (χ4n) is 3.22. The Hall–Kier alpha value is -1.75. The number of hydrogen-bond donors (Lipinski definition) is 0. The molecule has 2 aromatic heterocycles. The molecule has 0 amide bonds. The molecule has 0 aliphatic carbocycles. The van der Waals surface area contributed by atoms with Gasteiger partial charge in [-0.25, -0.2) is 0 Å². The molecule has 2 aliphatic heterocycles. The second-order valence-corrected chi connectivity index (χ2v) is 7.09. The quantitative estimate of drug-likeness (QED) is 0.854. The number of aromatic nitrogens is 2. The maximum Gasteiger partial charge on any atom is 0.160 e. The largest absolute Gasteiger partial charge is 0.353 e. The molecule has 5 heteroatoms. The van der Waals surface area contributed by atoms with Crippen molar-refractivity contribution >= 4 is 16.9 Å². The molecule has 2 aromatic rings. The van der Waals surface area contributed by atoms with Crippen molar-refractivity contribution < 1.29 is 0 Å². The van der Waals surface area contributed by atoms with E-state index in [2.05, 4.69) is 52.8 Å². The highest BCUT2D eigenvalue weighted by Crippen LogP contribution is 2.47. The molecule has 0 unspecified atom stereocenters. The first kappa shape index (κ1) is 13.0. The van der Waals surface area contributed by atoms with E-state index in [1.807, 2.05) is 30.1 Å². The number of pyridine rings is 1. The standard InChI is InChI=1S/C16H18N4S/c1-11-10-20-15(13-7-5-9-19(13)2)14(18-16(20)21-11)12-6-3-4-8-17-12/h3-9,11,14-15H,10H2,1-2H3/t11-,14-,15-/m0/s1. The van der Waals surface area contributed by atoms with Crippen molar-refractivity contribution in [1.82, 2.24) is 14.5 Å². The van der Waals surface area contributed by atoms with Gasteiger partial charge < -0.3 is 9.47 Å². The van der Waals surface area contributed by atoms with E-state index < -0.39 is 0 Å². The van der Waals surface area contributed by atoms with Crippen molar-refractivity contribution in [2.45, 2.75) is 24.3 Å². The van der Waals surface area contributed by atoms with E-state index in [-0.39, 0.29) is 12.1 Å². The van der Waals surface area contributed by atoms with Crippen LogP contribution in [0.15, 0.2) is 47.7 Å². The highest BCUT2D eigenvalue weighted by molar-refractivity contribution is 8.14. The first-order chi connectivity index (χ1) is 10.2. The number of nitrogens with zero attached hydrogens (tertiary/aromatic N) is 4. The smallest absolute Gasteiger partial charge is 0.160 e. The molecule has 108 valence electrons. The maximum atomic E-state index is 4.98. The lowest BCUT2D eigenvalue weighted by Crippen LogP contribution is -2.29. The van der Waals surface area contributed by atoms with Crippen LogP contribution >= 0.6 is 11.8 Å². The van der Waals surface area contributed by atoms with Gasteiger partial charge in [-0.15, -0.1) is 0 Å². The van der Waals surface area contributed by atoms with Gasteiger partial charge in [-0.05, 0) is 24.3 Å². The van der Waals surface area contributed by atoms with Gasteiger partial charge in [-0.2, -0.15) is 0 Å². The predicted molar refractivity (Wildman–Crippen MR) is 86.3 cm³/mol. The number of hydrogen-bond acceptors (Lipinski definition) is 4. The Kier molecular flexibility index (Phi) is 3.03. The number of thioether (sulfide) groups is 1. The van der Waals surface area contributed by atoms with E-state index in [0.717, 1.165) is 12.2 Å². The SMILES string of the molecule is C[C@H]1CN2C(=N[C@@H](c3ccccn3)[C@@H]2c2cccn2C)S1. The van der Waals surface area contributed by atoms with Crippen LogP contribution in [0.25, 0.3) is 0 Å². The zero-order valence-electron chi connectivity index (χ0n) is 12.2. The average Bonchev–Trinajstić information content (AvgIpc) is 3.14. The van der Waals surface area contributed by atoms with Crippen molar-refractivity contribution in [2.75, 3.05) is 6.54 Å². The number of aliphatic imine (C=N–C) groups is 1. The Balaban J connectivity index is 1.79. The summed E-state index contributed by atoms with van der Waals surface area (Å²) in [5.74, 6) is 0. The molecule has 21 heavy (non-hydrogen) atoms. The first-order valence-corrected chi connectivity index (χ1v) is 8.15. The number of fused-ring (bicyclic) bond motifs is 1. The van der Waals surface area contributed by atoms with Crippen molar-refractivity contribution in [2.24, 2.45) is 12.0 Å². The molecule has 0 bridgehead atoms. The van der Waals surface area contributed by atoms with Gasteiger partial charge in [0.2, 0.25) is 0 Å². The molecular formula is C16H18N4S. The number of rotatable bonds is 2. The zero-order chi connectivity index (χ0) is 14.4. The van der Waals surface area contributed by atoms with Crippen molar-refractivity contribution in [3.63, 3.8) is 0 Å². The van der Waals surface area contributed by atoms with Crippen molar-refractivity contribution in [3.8, 4) is 0 Å². The average molecular weight is 298 g/mol. The summed E-state index contributed by atoms with van der Waals surface area (Å²) in [6.45, 7) is 3.33. The van der Waals surface area contributed by atoms with E-state index in [0.29, 0.717) is 5.25 Å². The summed E-state index contributed by atoms with van der Waals surface area (Å²) in [5, 5.41) is 1.78. The summed E-state index contributed by atoms with van der Waals surface area (Å²) < 4.78 is 2.20. The fraction of sp³-hybridized carbons (Fsp3) is 0.375. The van der Waals surface area contributed by atoms with Gasteiger partial charge in [-0.1, -0.05) is 24.8 Å². The summed E-state index contributed by atoms with van der Waals surface area (Å²) in [6, 6.07) is 10.7. The van der Waals surface area contributed by atoms with Gasteiger partial charge >= 0.3 is 0 Å². The molecule has 4 nitrogen and oxygen atoms in total. The van der Waals surface area contributed by atoms with Crippen LogP contribution in [0.1, 0.15) is 30.4 Å². The third-order valence-electron chi connectivity index (χ3n) is 4.17. The molecule has 0 N–H and O–H groups in total. The lowest BCUT2D eigenvalue weighted by molar-refractivity contribution is 0.309. The van der Waals surface area contributed by atoms with Crippen molar-refractivity contribution in [3.05, 3.63) is 54.1 Å². The monoisotopic (exact) mass is 298 g/mol. The van der Waals surface area contributed by atoms with Crippen LogP contribution in [0.2, 0.25) is 0 Å². The Morgan fingerprint density at radius 2 is 2.14 bits per heavy atom. The normalized spacial score (nSPS) is 27.8. The summed E-state index contributed by atoms with van der Waals surface area (Å²) in [6.07, 6.45) is 3.96. The lowest BCUT2D eigenvalue weighted by Gasteiger charge is -2.27.